The first-order valence-electron chi connectivity index (χ1n) is 6.25. The number of hydrogen-bond donors (Lipinski definition) is 0. The van der Waals surface area contributed by atoms with Crippen molar-refractivity contribution in [3.63, 3.8) is 0 Å². The first-order chi connectivity index (χ1) is 10.3. The summed E-state index contributed by atoms with van der Waals surface area (Å²) in [6.45, 7) is 0.243. The number of nitro groups is 1. The molecule has 0 aliphatic carbocycles. The molecule has 0 aliphatic heterocycles. The van der Waals surface area contributed by atoms with Crippen LogP contribution in [0, 0.1) is 10.1 Å². The third kappa shape index (κ3) is 3.51. The van der Waals surface area contributed by atoms with Crippen molar-refractivity contribution in [3.8, 4) is 0 Å². The molecule has 0 bridgehead atoms. The number of anilines is 1. The zero-order valence-electron chi connectivity index (χ0n) is 11.5. The fourth-order valence-corrected chi connectivity index (χ4v) is 1.99. The van der Waals surface area contributed by atoms with Crippen molar-refractivity contribution < 1.29 is 18.1 Å². The molecule has 0 aliphatic rings. The van der Waals surface area contributed by atoms with Crippen molar-refractivity contribution in [3.05, 3.63) is 64.0 Å². The molecule has 0 amide bonds. The van der Waals surface area contributed by atoms with E-state index >= 15 is 0 Å². The molecule has 22 heavy (non-hydrogen) atoms. The number of pyridine rings is 1. The van der Waals surface area contributed by atoms with Gasteiger partial charge in [0.25, 0.3) is 5.69 Å². The molecule has 1 aromatic carbocycles. The lowest BCUT2D eigenvalue weighted by Gasteiger charge is -2.19. The second kappa shape index (κ2) is 6.00. The van der Waals surface area contributed by atoms with Gasteiger partial charge in [-0.05, 0) is 24.3 Å². The van der Waals surface area contributed by atoms with Crippen LogP contribution in [0.5, 0.6) is 0 Å². The second-order valence-corrected chi connectivity index (χ2v) is 4.64. The SMILES string of the molecule is CN(Cc1ccccn1)c1ccc(C(F)(F)F)cc1[N+](=O)[O-]. The third-order valence-corrected chi connectivity index (χ3v) is 3.04. The lowest BCUT2D eigenvalue weighted by Crippen LogP contribution is -2.19. The summed E-state index contributed by atoms with van der Waals surface area (Å²) in [5.41, 5.74) is -0.884. The van der Waals surface area contributed by atoms with E-state index in [9.17, 15) is 23.3 Å². The molecule has 0 saturated carbocycles. The van der Waals surface area contributed by atoms with Crippen LogP contribution in [0.4, 0.5) is 24.5 Å². The van der Waals surface area contributed by atoms with Crippen molar-refractivity contribution >= 4 is 11.4 Å². The van der Waals surface area contributed by atoms with Crippen LogP contribution in [-0.2, 0) is 12.7 Å². The van der Waals surface area contributed by atoms with Crippen LogP contribution in [0.25, 0.3) is 0 Å². The van der Waals surface area contributed by atoms with Crippen molar-refractivity contribution in [1.29, 1.82) is 0 Å². The van der Waals surface area contributed by atoms with Crippen LogP contribution >= 0.6 is 0 Å². The summed E-state index contributed by atoms with van der Waals surface area (Å²) < 4.78 is 38.0. The van der Waals surface area contributed by atoms with Gasteiger partial charge in [0.1, 0.15) is 5.69 Å². The van der Waals surface area contributed by atoms with Gasteiger partial charge in [-0.2, -0.15) is 13.2 Å². The molecule has 0 fully saturated rings. The van der Waals surface area contributed by atoms with Crippen LogP contribution in [-0.4, -0.2) is 17.0 Å². The first-order valence-corrected chi connectivity index (χ1v) is 6.25. The molecule has 0 N–H and O–H groups in total. The molecule has 1 heterocycles. The van der Waals surface area contributed by atoms with Crippen molar-refractivity contribution in [2.24, 2.45) is 0 Å². The highest BCUT2D eigenvalue weighted by atomic mass is 19.4. The van der Waals surface area contributed by atoms with E-state index in [4.69, 9.17) is 0 Å². The van der Waals surface area contributed by atoms with Gasteiger partial charge in [-0.1, -0.05) is 6.07 Å². The Morgan fingerprint density at radius 2 is 2.00 bits per heavy atom. The summed E-state index contributed by atoms with van der Waals surface area (Å²) in [5.74, 6) is 0. The number of nitro benzene ring substituents is 1. The number of nitrogens with zero attached hydrogens (tertiary/aromatic N) is 3. The highest BCUT2D eigenvalue weighted by molar-refractivity contribution is 5.64. The molecular formula is C14H12F3N3O2. The third-order valence-electron chi connectivity index (χ3n) is 3.04. The number of halogens is 3. The standard InChI is InChI=1S/C14H12F3N3O2/c1-19(9-11-4-2-3-7-18-11)12-6-5-10(14(15,16)17)8-13(12)20(21)22/h2-8H,9H2,1H3. The molecule has 0 spiro atoms. The summed E-state index contributed by atoms with van der Waals surface area (Å²) in [6, 6.07) is 7.69. The predicted molar refractivity (Wildman–Crippen MR) is 74.4 cm³/mol. The largest absolute Gasteiger partial charge is 0.416 e. The van der Waals surface area contributed by atoms with Crippen molar-refractivity contribution in [2.45, 2.75) is 12.7 Å². The van der Waals surface area contributed by atoms with E-state index in [1.165, 1.54) is 4.90 Å². The molecule has 1 aromatic heterocycles. The Morgan fingerprint density at radius 3 is 2.55 bits per heavy atom. The van der Waals surface area contributed by atoms with Crippen LogP contribution in [0.2, 0.25) is 0 Å². The molecule has 5 nitrogen and oxygen atoms in total. The van der Waals surface area contributed by atoms with E-state index < -0.39 is 22.4 Å². The summed E-state index contributed by atoms with van der Waals surface area (Å²) >= 11 is 0. The summed E-state index contributed by atoms with van der Waals surface area (Å²) in [5, 5.41) is 11.1. The van der Waals surface area contributed by atoms with Gasteiger partial charge in [0.05, 0.1) is 22.7 Å². The Bertz CT molecular complexity index is 675. The van der Waals surface area contributed by atoms with Gasteiger partial charge in [0.2, 0.25) is 0 Å². The molecule has 8 heteroatoms. The van der Waals surface area contributed by atoms with Crippen molar-refractivity contribution in [1.82, 2.24) is 4.98 Å². The molecule has 116 valence electrons. The van der Waals surface area contributed by atoms with E-state index in [0.717, 1.165) is 12.1 Å². The zero-order chi connectivity index (χ0) is 16.3. The average Bonchev–Trinajstić information content (AvgIpc) is 2.46. The number of aromatic nitrogens is 1. The minimum Gasteiger partial charge on any atom is -0.363 e. The Hall–Kier alpha value is -2.64. The van der Waals surface area contributed by atoms with Gasteiger partial charge in [-0.3, -0.25) is 15.1 Å². The minimum absolute atomic E-state index is 0.101. The normalized spacial score (nSPS) is 11.3. The molecule has 2 rings (SSSR count). The van der Waals surface area contributed by atoms with E-state index in [1.807, 2.05) is 0 Å². The van der Waals surface area contributed by atoms with Gasteiger partial charge in [0.15, 0.2) is 0 Å². The number of rotatable bonds is 4. The minimum atomic E-state index is -4.62. The Balaban J connectivity index is 2.35. The lowest BCUT2D eigenvalue weighted by atomic mass is 10.1. The molecule has 0 unspecified atom stereocenters. The van der Waals surface area contributed by atoms with Gasteiger partial charge in [0, 0.05) is 19.3 Å². The lowest BCUT2D eigenvalue weighted by molar-refractivity contribution is -0.384. The smallest absolute Gasteiger partial charge is 0.363 e. The first kappa shape index (κ1) is 15.7. The number of benzene rings is 1. The van der Waals surface area contributed by atoms with Gasteiger partial charge < -0.3 is 4.90 Å². The van der Waals surface area contributed by atoms with Gasteiger partial charge >= 0.3 is 6.18 Å². The van der Waals surface area contributed by atoms with E-state index in [2.05, 4.69) is 4.98 Å². The molecule has 0 saturated heterocycles. The van der Waals surface area contributed by atoms with Crippen LogP contribution in [0.1, 0.15) is 11.3 Å². The van der Waals surface area contributed by atoms with E-state index in [1.54, 1.807) is 31.4 Å². The van der Waals surface area contributed by atoms with Crippen LogP contribution in [0.3, 0.4) is 0 Å². The fraction of sp³-hybridized carbons (Fsp3) is 0.214. The van der Waals surface area contributed by atoms with Crippen LogP contribution in [0.15, 0.2) is 42.6 Å². The summed E-state index contributed by atoms with van der Waals surface area (Å²) in [4.78, 5) is 15.8. The van der Waals surface area contributed by atoms with Crippen LogP contribution < -0.4 is 4.90 Å². The molecule has 0 atom stereocenters. The Kier molecular flexibility index (Phi) is 4.30. The monoisotopic (exact) mass is 311 g/mol. The molecule has 0 radical (unpaired) electrons. The fourth-order valence-electron chi connectivity index (χ4n) is 1.99. The van der Waals surface area contributed by atoms with Crippen molar-refractivity contribution in [2.75, 3.05) is 11.9 Å². The topological polar surface area (TPSA) is 59.3 Å². The van der Waals surface area contributed by atoms with E-state index in [0.29, 0.717) is 11.8 Å². The Labute approximate surface area is 124 Å². The van der Waals surface area contributed by atoms with Gasteiger partial charge in [-0.15, -0.1) is 0 Å². The molecule has 2 aromatic rings. The number of hydrogen-bond acceptors (Lipinski definition) is 4. The average molecular weight is 311 g/mol. The maximum Gasteiger partial charge on any atom is 0.416 e. The van der Waals surface area contributed by atoms with Gasteiger partial charge in [-0.25, -0.2) is 0 Å². The van der Waals surface area contributed by atoms with E-state index in [-0.39, 0.29) is 12.2 Å². The predicted octanol–water partition coefficient (Wildman–Crippen LogP) is 3.65. The second-order valence-electron chi connectivity index (χ2n) is 4.64. The quantitative estimate of drug-likeness (QED) is 0.639. The summed E-state index contributed by atoms with van der Waals surface area (Å²) in [7, 11) is 1.56. The maximum absolute atomic E-state index is 12.7. The number of alkyl halides is 3. The highest BCUT2D eigenvalue weighted by Crippen LogP contribution is 2.36. The maximum atomic E-state index is 12.7. The zero-order valence-corrected chi connectivity index (χ0v) is 11.5. The highest BCUT2D eigenvalue weighted by Gasteiger charge is 2.33. The summed E-state index contributed by atoms with van der Waals surface area (Å²) in [6.07, 6.45) is -3.05. The molecular weight excluding hydrogens is 299 g/mol. The Morgan fingerprint density at radius 1 is 1.27 bits per heavy atom.